The van der Waals surface area contributed by atoms with Gasteiger partial charge in [-0.3, -0.25) is 0 Å². The highest BCUT2D eigenvalue weighted by Gasteiger charge is 2.40. The molecule has 1 saturated carbocycles. The van der Waals surface area contributed by atoms with E-state index in [9.17, 15) is 22.0 Å². The maximum atomic E-state index is 15.0. The van der Waals surface area contributed by atoms with Gasteiger partial charge in [0.1, 0.15) is 17.1 Å². The Labute approximate surface area is 182 Å². The van der Waals surface area contributed by atoms with Crippen molar-refractivity contribution >= 4 is 0 Å². The van der Waals surface area contributed by atoms with E-state index >= 15 is 4.39 Å². The summed E-state index contributed by atoms with van der Waals surface area (Å²) in [5.41, 5.74) is -2.98. The molecular weight excluding hydrogens is 434 g/mol. The van der Waals surface area contributed by atoms with Crippen LogP contribution in [-0.2, 0) is 6.18 Å². The third-order valence-electron chi connectivity index (χ3n) is 5.72. The molecule has 0 heterocycles. The average molecular weight is 458 g/mol. The summed E-state index contributed by atoms with van der Waals surface area (Å²) in [6.07, 6.45) is 0.0790. The van der Waals surface area contributed by atoms with E-state index in [0.29, 0.717) is 5.92 Å². The van der Waals surface area contributed by atoms with Crippen LogP contribution in [0.25, 0.3) is 11.1 Å². The van der Waals surface area contributed by atoms with Gasteiger partial charge >= 0.3 is 6.18 Å². The molecule has 2 nitrogen and oxygen atoms in total. The highest BCUT2D eigenvalue weighted by molar-refractivity contribution is 5.68. The fraction of sp³-hybridized carbons (Fsp3) is 0.417. The van der Waals surface area contributed by atoms with Crippen LogP contribution in [0.4, 0.5) is 26.3 Å². The van der Waals surface area contributed by atoms with E-state index in [0.717, 1.165) is 49.9 Å². The van der Waals surface area contributed by atoms with Crippen molar-refractivity contribution in [2.24, 2.45) is 11.8 Å². The minimum atomic E-state index is -5.09. The van der Waals surface area contributed by atoms with Gasteiger partial charge in [-0.2, -0.15) is 17.6 Å². The van der Waals surface area contributed by atoms with E-state index < -0.39 is 51.8 Å². The monoisotopic (exact) mass is 458 g/mol. The number of rotatable bonds is 7. The summed E-state index contributed by atoms with van der Waals surface area (Å²) in [5, 5.41) is 0. The first-order valence-corrected chi connectivity index (χ1v) is 10.4. The van der Waals surface area contributed by atoms with Crippen molar-refractivity contribution in [3.8, 4) is 22.6 Å². The molecule has 32 heavy (non-hydrogen) atoms. The van der Waals surface area contributed by atoms with Gasteiger partial charge in [-0.15, -0.1) is 6.58 Å². The van der Waals surface area contributed by atoms with Crippen LogP contribution in [0, 0.1) is 29.3 Å². The maximum Gasteiger partial charge on any atom is 0.422 e. The van der Waals surface area contributed by atoms with Crippen LogP contribution in [-0.4, -0.2) is 13.2 Å². The zero-order valence-electron chi connectivity index (χ0n) is 17.6. The molecule has 0 radical (unpaired) electrons. The van der Waals surface area contributed by atoms with Gasteiger partial charge < -0.3 is 9.47 Å². The molecule has 0 unspecified atom stereocenters. The van der Waals surface area contributed by atoms with Gasteiger partial charge in [0, 0.05) is 11.1 Å². The average Bonchev–Trinajstić information content (AvgIpc) is 2.76. The van der Waals surface area contributed by atoms with Crippen molar-refractivity contribution in [3.05, 3.63) is 59.9 Å². The van der Waals surface area contributed by atoms with Crippen molar-refractivity contribution in [1.82, 2.24) is 0 Å². The molecule has 1 fully saturated rings. The topological polar surface area (TPSA) is 18.5 Å². The third-order valence-corrected chi connectivity index (χ3v) is 5.72. The maximum absolute atomic E-state index is 15.0. The standard InChI is InChI=1S/C24H24F6O2/c1-3-14-5-7-15(8-6-14)13-32-18-11-9-16(21(25)20(18)24(28,29)30)17-10-12-19(31-4-2)23(27)22(17)26/h3,9-12,14-15H,1,4-8,13H2,2H3. The smallest absolute Gasteiger partial charge is 0.422 e. The Kier molecular flexibility index (Phi) is 7.41. The first-order chi connectivity index (χ1) is 15.2. The summed E-state index contributed by atoms with van der Waals surface area (Å²) in [6.45, 7) is 5.39. The molecular formula is C24H24F6O2. The Morgan fingerprint density at radius 1 is 0.875 bits per heavy atom. The van der Waals surface area contributed by atoms with Gasteiger partial charge in [0.2, 0.25) is 5.82 Å². The molecule has 3 rings (SSSR count). The number of hydrogen-bond acceptors (Lipinski definition) is 2. The van der Waals surface area contributed by atoms with Gasteiger partial charge in [-0.05, 0) is 68.7 Å². The Balaban J connectivity index is 1.92. The molecule has 2 aromatic rings. The number of allylic oxidation sites excluding steroid dienone is 1. The Bertz CT molecular complexity index is 962. The van der Waals surface area contributed by atoms with Crippen LogP contribution >= 0.6 is 0 Å². The fourth-order valence-corrected chi connectivity index (χ4v) is 3.96. The van der Waals surface area contributed by atoms with Gasteiger partial charge in [-0.25, -0.2) is 8.78 Å². The van der Waals surface area contributed by atoms with Crippen LogP contribution in [0.15, 0.2) is 36.9 Å². The molecule has 0 spiro atoms. The molecule has 0 aliphatic heterocycles. The first kappa shape index (κ1) is 24.0. The minimum Gasteiger partial charge on any atom is -0.493 e. The summed E-state index contributed by atoms with van der Waals surface area (Å²) >= 11 is 0. The number of ether oxygens (including phenoxy) is 2. The van der Waals surface area contributed by atoms with Crippen molar-refractivity contribution in [2.45, 2.75) is 38.8 Å². The van der Waals surface area contributed by atoms with Crippen LogP contribution in [0.5, 0.6) is 11.5 Å². The van der Waals surface area contributed by atoms with Crippen LogP contribution in [0.2, 0.25) is 0 Å². The lowest BCUT2D eigenvalue weighted by Crippen LogP contribution is -2.20. The van der Waals surface area contributed by atoms with E-state index in [-0.39, 0.29) is 19.1 Å². The summed E-state index contributed by atoms with van der Waals surface area (Å²) < 4.78 is 95.1. The summed E-state index contributed by atoms with van der Waals surface area (Å²) in [6, 6.07) is 3.95. The zero-order chi connectivity index (χ0) is 23.5. The molecule has 1 aliphatic rings. The highest BCUT2D eigenvalue weighted by atomic mass is 19.4. The third kappa shape index (κ3) is 5.05. The van der Waals surface area contributed by atoms with Crippen molar-refractivity contribution in [2.75, 3.05) is 13.2 Å². The number of alkyl halides is 3. The molecule has 0 bridgehead atoms. The van der Waals surface area contributed by atoms with Gasteiger partial charge in [0.25, 0.3) is 0 Å². The Morgan fingerprint density at radius 3 is 2.03 bits per heavy atom. The number of hydrogen-bond donors (Lipinski definition) is 0. The van der Waals surface area contributed by atoms with Crippen molar-refractivity contribution in [3.63, 3.8) is 0 Å². The SMILES string of the molecule is C=CC1CCC(COc2ccc(-c3ccc(OCC)c(F)c3F)c(F)c2C(F)(F)F)CC1. The summed E-state index contributed by atoms with van der Waals surface area (Å²) in [7, 11) is 0. The molecule has 0 N–H and O–H groups in total. The molecule has 8 heteroatoms. The Morgan fingerprint density at radius 2 is 1.47 bits per heavy atom. The molecule has 174 valence electrons. The van der Waals surface area contributed by atoms with Crippen LogP contribution in [0.1, 0.15) is 38.2 Å². The normalized spacial score (nSPS) is 19.0. The highest BCUT2D eigenvalue weighted by Crippen LogP contribution is 2.43. The molecule has 1 aliphatic carbocycles. The fourth-order valence-electron chi connectivity index (χ4n) is 3.96. The van der Waals surface area contributed by atoms with E-state index in [1.807, 2.05) is 6.08 Å². The van der Waals surface area contributed by atoms with Crippen LogP contribution in [0.3, 0.4) is 0 Å². The summed E-state index contributed by atoms with van der Waals surface area (Å²) in [4.78, 5) is 0. The second-order valence-electron chi connectivity index (χ2n) is 7.80. The van der Waals surface area contributed by atoms with E-state index in [1.165, 1.54) is 0 Å². The molecule has 0 atom stereocenters. The second-order valence-corrected chi connectivity index (χ2v) is 7.80. The second kappa shape index (κ2) is 9.88. The van der Waals surface area contributed by atoms with Gasteiger partial charge in [0.05, 0.1) is 13.2 Å². The number of benzene rings is 2. The molecule has 0 aromatic heterocycles. The quantitative estimate of drug-likeness (QED) is 0.315. The lowest BCUT2D eigenvalue weighted by molar-refractivity contribution is -0.141. The minimum absolute atomic E-state index is 0.0117. The number of halogens is 6. The molecule has 0 saturated heterocycles. The molecule has 0 amide bonds. The van der Waals surface area contributed by atoms with Gasteiger partial charge in [0.15, 0.2) is 11.6 Å². The molecule has 2 aromatic carbocycles. The van der Waals surface area contributed by atoms with Gasteiger partial charge in [-0.1, -0.05) is 6.08 Å². The van der Waals surface area contributed by atoms with Crippen molar-refractivity contribution in [1.29, 1.82) is 0 Å². The van der Waals surface area contributed by atoms with E-state index in [1.54, 1.807) is 6.92 Å². The summed E-state index contributed by atoms with van der Waals surface area (Å²) in [5.74, 6) is -5.24. The van der Waals surface area contributed by atoms with Crippen LogP contribution < -0.4 is 9.47 Å². The largest absolute Gasteiger partial charge is 0.493 e. The predicted octanol–water partition coefficient (Wildman–Crippen LogP) is 7.56. The van der Waals surface area contributed by atoms with Crippen molar-refractivity contribution < 1.29 is 35.8 Å². The van der Waals surface area contributed by atoms with E-state index in [4.69, 9.17) is 9.47 Å². The predicted molar refractivity (Wildman–Crippen MR) is 109 cm³/mol. The van der Waals surface area contributed by atoms with E-state index in [2.05, 4.69) is 6.58 Å². The zero-order valence-corrected chi connectivity index (χ0v) is 17.6. The Hall–Kier alpha value is -2.64. The first-order valence-electron chi connectivity index (χ1n) is 10.4. The lowest BCUT2D eigenvalue weighted by atomic mass is 9.82. The lowest BCUT2D eigenvalue weighted by Gasteiger charge is -2.27.